The van der Waals surface area contributed by atoms with E-state index in [1.165, 1.54) is 6.20 Å². The molecule has 8 nitrogen and oxygen atoms in total. The van der Waals surface area contributed by atoms with Crippen molar-refractivity contribution < 1.29 is 9.53 Å². The molecule has 2 aromatic carbocycles. The Morgan fingerprint density at radius 1 is 1.06 bits per heavy atom. The summed E-state index contributed by atoms with van der Waals surface area (Å²) in [6, 6.07) is 15.0. The predicted octanol–water partition coefficient (Wildman–Crippen LogP) is 4.91. The molecule has 3 rings (SSSR count). The summed E-state index contributed by atoms with van der Waals surface area (Å²) in [4.78, 5) is 22.6. The van der Waals surface area contributed by atoms with Gasteiger partial charge >= 0.3 is 0 Å². The molecule has 0 radical (unpaired) electrons. The summed E-state index contributed by atoms with van der Waals surface area (Å²) in [5.41, 5.74) is 2.48. The molecule has 168 valence electrons. The summed E-state index contributed by atoms with van der Waals surface area (Å²) in [7, 11) is 1.85. The lowest BCUT2D eigenvalue weighted by molar-refractivity contribution is -0.132. The normalized spacial score (nSPS) is 10.4. The first-order valence-corrected chi connectivity index (χ1v) is 10.8. The molecule has 0 unspecified atom stereocenters. The Labute approximate surface area is 193 Å². The molecule has 32 heavy (non-hydrogen) atoms. The van der Waals surface area contributed by atoms with Gasteiger partial charge in [0.1, 0.15) is 10.8 Å². The van der Waals surface area contributed by atoms with Gasteiger partial charge in [0.05, 0.1) is 17.6 Å². The third-order valence-corrected chi connectivity index (χ3v) is 5.04. The van der Waals surface area contributed by atoms with Crippen LogP contribution in [0.1, 0.15) is 13.8 Å². The number of benzene rings is 2. The van der Waals surface area contributed by atoms with E-state index in [1.54, 1.807) is 17.0 Å². The van der Waals surface area contributed by atoms with Crippen LogP contribution in [0.15, 0.2) is 54.7 Å². The van der Waals surface area contributed by atoms with Crippen molar-refractivity contribution in [2.24, 2.45) is 0 Å². The highest BCUT2D eigenvalue weighted by Gasteiger charge is 2.11. The van der Waals surface area contributed by atoms with Crippen LogP contribution in [0.5, 0.6) is 5.75 Å². The van der Waals surface area contributed by atoms with Gasteiger partial charge in [0.2, 0.25) is 5.95 Å². The fourth-order valence-electron chi connectivity index (χ4n) is 3.06. The lowest BCUT2D eigenvalue weighted by atomic mass is 10.2. The van der Waals surface area contributed by atoms with Crippen LogP contribution in [0.25, 0.3) is 0 Å². The highest BCUT2D eigenvalue weighted by Crippen LogP contribution is 2.29. The zero-order valence-electron chi connectivity index (χ0n) is 18.4. The maximum atomic E-state index is 12.2. The van der Waals surface area contributed by atoms with Crippen LogP contribution in [0, 0.1) is 0 Å². The number of para-hydroxylation sites is 2. The minimum atomic E-state index is -0.0491. The summed E-state index contributed by atoms with van der Waals surface area (Å²) < 4.78 is 5.67. The van der Waals surface area contributed by atoms with Gasteiger partial charge in [-0.3, -0.25) is 4.79 Å². The lowest BCUT2D eigenvalue weighted by Gasteiger charge is -2.18. The molecule has 1 aromatic heterocycles. The third-order valence-electron chi connectivity index (χ3n) is 4.76. The van der Waals surface area contributed by atoms with Crippen molar-refractivity contribution in [2.75, 3.05) is 42.7 Å². The molecule has 3 N–H and O–H groups in total. The van der Waals surface area contributed by atoms with Gasteiger partial charge in [0.25, 0.3) is 5.91 Å². The minimum absolute atomic E-state index is 0.0124. The van der Waals surface area contributed by atoms with Gasteiger partial charge in [-0.2, -0.15) is 4.98 Å². The fourth-order valence-corrected chi connectivity index (χ4v) is 3.20. The number of nitrogens with one attached hydrogen (secondary N) is 3. The quantitative estimate of drug-likeness (QED) is 0.401. The predicted molar refractivity (Wildman–Crippen MR) is 129 cm³/mol. The molecule has 0 aliphatic carbocycles. The second kappa shape index (κ2) is 11.2. The third kappa shape index (κ3) is 6.01. The molecule has 0 saturated carbocycles. The number of rotatable bonds is 10. The van der Waals surface area contributed by atoms with Crippen molar-refractivity contribution in [3.63, 3.8) is 0 Å². The van der Waals surface area contributed by atoms with Crippen LogP contribution in [-0.2, 0) is 4.79 Å². The Kier molecular flexibility index (Phi) is 8.10. The maximum absolute atomic E-state index is 12.2. The summed E-state index contributed by atoms with van der Waals surface area (Å²) in [6.07, 6.45) is 1.53. The molecule has 1 amide bonds. The number of halogens is 1. The van der Waals surface area contributed by atoms with Crippen LogP contribution >= 0.6 is 11.6 Å². The number of carbonyl (C=O) groups is 1. The Bertz CT molecular complexity index is 1060. The molecule has 0 fully saturated rings. The molecule has 0 spiro atoms. The fraction of sp³-hybridized carbons (Fsp3) is 0.261. The summed E-state index contributed by atoms with van der Waals surface area (Å²) in [5.74, 6) is 1.37. The summed E-state index contributed by atoms with van der Waals surface area (Å²) >= 11 is 6.30. The van der Waals surface area contributed by atoms with Crippen LogP contribution < -0.4 is 20.7 Å². The van der Waals surface area contributed by atoms with E-state index in [-0.39, 0.29) is 12.5 Å². The van der Waals surface area contributed by atoms with Crippen LogP contribution in [-0.4, -0.2) is 47.5 Å². The van der Waals surface area contributed by atoms with E-state index in [2.05, 4.69) is 25.9 Å². The maximum Gasteiger partial charge on any atom is 0.260 e. The number of ether oxygens (including phenoxy) is 1. The van der Waals surface area contributed by atoms with E-state index >= 15 is 0 Å². The largest absolute Gasteiger partial charge is 0.484 e. The van der Waals surface area contributed by atoms with Gasteiger partial charge in [-0.1, -0.05) is 29.8 Å². The lowest BCUT2D eigenvalue weighted by Crippen LogP contribution is -2.34. The summed E-state index contributed by atoms with van der Waals surface area (Å²) in [6.45, 7) is 5.19. The number of hydrogen-bond acceptors (Lipinski definition) is 7. The highest BCUT2D eigenvalue weighted by molar-refractivity contribution is 6.33. The zero-order chi connectivity index (χ0) is 22.9. The zero-order valence-corrected chi connectivity index (χ0v) is 19.1. The smallest absolute Gasteiger partial charge is 0.260 e. The Balaban J connectivity index is 1.70. The average molecular weight is 455 g/mol. The van der Waals surface area contributed by atoms with Gasteiger partial charge in [-0.15, -0.1) is 0 Å². The number of likely N-dealkylation sites (N-methyl/N-ethyl adjacent to an activating group) is 1. The van der Waals surface area contributed by atoms with Gasteiger partial charge in [0, 0.05) is 31.9 Å². The van der Waals surface area contributed by atoms with Crippen molar-refractivity contribution in [2.45, 2.75) is 13.8 Å². The summed E-state index contributed by atoms with van der Waals surface area (Å²) in [5, 5.41) is 9.90. The molecule has 0 bridgehead atoms. The molecule has 1 heterocycles. The van der Waals surface area contributed by atoms with Crippen LogP contribution in [0.2, 0.25) is 5.02 Å². The molecule has 3 aromatic rings. The molecule has 0 atom stereocenters. The van der Waals surface area contributed by atoms with Crippen molar-refractivity contribution >= 4 is 46.3 Å². The van der Waals surface area contributed by atoms with Crippen LogP contribution in [0.3, 0.4) is 0 Å². The molecular formula is C23H27ClN6O2. The van der Waals surface area contributed by atoms with E-state index in [9.17, 15) is 4.79 Å². The van der Waals surface area contributed by atoms with Crippen molar-refractivity contribution in [3.8, 4) is 5.75 Å². The van der Waals surface area contributed by atoms with E-state index in [4.69, 9.17) is 16.3 Å². The molecule has 0 aliphatic heterocycles. The molecule has 0 saturated heterocycles. The van der Waals surface area contributed by atoms with Gasteiger partial charge in [-0.25, -0.2) is 4.98 Å². The van der Waals surface area contributed by atoms with Gasteiger partial charge in [0.15, 0.2) is 12.4 Å². The van der Waals surface area contributed by atoms with Gasteiger partial charge in [-0.05, 0) is 38.1 Å². The number of carbonyl (C=O) groups excluding carboxylic acids is 1. The number of nitrogens with zero attached hydrogens (tertiary/aromatic N) is 3. The number of anilines is 5. The first-order chi connectivity index (χ1) is 15.5. The highest BCUT2D eigenvalue weighted by atomic mass is 35.5. The van der Waals surface area contributed by atoms with Crippen molar-refractivity contribution in [1.29, 1.82) is 0 Å². The monoisotopic (exact) mass is 454 g/mol. The van der Waals surface area contributed by atoms with Gasteiger partial charge < -0.3 is 25.6 Å². The van der Waals surface area contributed by atoms with E-state index in [0.29, 0.717) is 35.6 Å². The average Bonchev–Trinajstić information content (AvgIpc) is 2.81. The molecule has 0 aliphatic rings. The molecule has 9 heteroatoms. The Morgan fingerprint density at radius 2 is 1.81 bits per heavy atom. The minimum Gasteiger partial charge on any atom is -0.484 e. The number of hydrogen-bond donors (Lipinski definition) is 3. The van der Waals surface area contributed by atoms with Crippen molar-refractivity contribution in [1.82, 2.24) is 14.9 Å². The van der Waals surface area contributed by atoms with Crippen LogP contribution in [0.4, 0.5) is 28.8 Å². The van der Waals surface area contributed by atoms with Crippen molar-refractivity contribution in [3.05, 3.63) is 59.8 Å². The van der Waals surface area contributed by atoms with E-state index in [1.807, 2.05) is 57.3 Å². The standard InChI is InChI=1S/C23H27ClN6O2/c1-4-30(5-2)21(31)15-32-17-10-8-9-16(13-17)27-23-26-14-18(24)22(29-23)28-20-12-7-6-11-19(20)25-3/h6-14,25H,4-5,15H2,1-3H3,(H2,26,27,28,29). The second-order valence-corrected chi connectivity index (χ2v) is 7.23. The Hall–Kier alpha value is -3.52. The first-order valence-electron chi connectivity index (χ1n) is 10.4. The number of amides is 1. The van der Waals surface area contributed by atoms with E-state index < -0.39 is 0 Å². The SMILES string of the molecule is CCN(CC)C(=O)COc1cccc(Nc2ncc(Cl)c(Nc3ccccc3NC)n2)c1. The van der Waals surface area contributed by atoms with E-state index in [0.717, 1.165) is 17.1 Å². The number of aromatic nitrogens is 2. The topological polar surface area (TPSA) is 91.4 Å². The Morgan fingerprint density at radius 3 is 2.53 bits per heavy atom. The molecular weight excluding hydrogens is 428 g/mol. The first kappa shape index (κ1) is 23.1. The second-order valence-electron chi connectivity index (χ2n) is 6.82.